The number of methoxy groups -OCH3 is 1. The molecule has 2 atom stereocenters. The first-order valence-electron chi connectivity index (χ1n) is 9.88. The molecule has 24 heavy (non-hydrogen) atoms. The fraction of sp³-hybridized carbons (Fsp3) is 0.682. The summed E-state index contributed by atoms with van der Waals surface area (Å²) < 4.78 is 5.25. The highest BCUT2D eigenvalue weighted by molar-refractivity contribution is 5.82. The van der Waals surface area contributed by atoms with E-state index in [-0.39, 0.29) is 0 Å². The van der Waals surface area contributed by atoms with E-state index in [0.717, 1.165) is 18.6 Å². The van der Waals surface area contributed by atoms with E-state index in [9.17, 15) is 4.79 Å². The molecule has 1 aromatic carbocycles. The van der Waals surface area contributed by atoms with Crippen molar-refractivity contribution >= 4 is 5.78 Å². The van der Waals surface area contributed by atoms with Crippen LogP contribution in [0.3, 0.4) is 0 Å². The molecule has 2 fully saturated rings. The molecular weight excluding hydrogens is 296 g/mol. The van der Waals surface area contributed by atoms with Gasteiger partial charge < -0.3 is 4.74 Å². The standard InChI is InChI=1S/C22H32O2/c1-3-4-16-5-14-21(22(23)15-16)19-8-6-17(7-9-19)18-10-12-20(24-2)13-11-18/h10-13,16-17,19,21H,3-9,14-15H2,1-2H3/t16-,17?,19?,21+/m0/s1. The van der Waals surface area contributed by atoms with E-state index in [0.29, 0.717) is 29.5 Å². The molecule has 0 spiro atoms. The first kappa shape index (κ1) is 17.5. The molecule has 2 heteroatoms. The second kappa shape index (κ2) is 8.18. The average molecular weight is 328 g/mol. The second-order valence-corrected chi connectivity index (χ2v) is 7.89. The van der Waals surface area contributed by atoms with Crippen LogP contribution in [0, 0.1) is 17.8 Å². The summed E-state index contributed by atoms with van der Waals surface area (Å²) in [6.07, 6.45) is 10.7. The molecule has 0 bridgehead atoms. The Balaban J connectivity index is 1.52. The maximum absolute atomic E-state index is 12.6. The Morgan fingerprint density at radius 2 is 1.71 bits per heavy atom. The predicted octanol–water partition coefficient (Wildman–Crippen LogP) is 5.75. The van der Waals surface area contributed by atoms with Crippen LogP contribution in [0.4, 0.5) is 0 Å². The molecule has 0 aliphatic heterocycles. The third kappa shape index (κ3) is 4.02. The van der Waals surface area contributed by atoms with E-state index in [1.165, 1.54) is 50.5 Å². The zero-order valence-corrected chi connectivity index (χ0v) is 15.3. The van der Waals surface area contributed by atoms with Crippen LogP contribution in [0.5, 0.6) is 5.75 Å². The zero-order chi connectivity index (χ0) is 16.9. The molecule has 2 nitrogen and oxygen atoms in total. The highest BCUT2D eigenvalue weighted by Gasteiger charge is 2.35. The number of hydrogen-bond donors (Lipinski definition) is 0. The minimum Gasteiger partial charge on any atom is -0.497 e. The summed E-state index contributed by atoms with van der Waals surface area (Å²) in [6.45, 7) is 2.23. The lowest BCUT2D eigenvalue weighted by Gasteiger charge is -2.37. The zero-order valence-electron chi connectivity index (χ0n) is 15.3. The molecule has 0 radical (unpaired) electrons. The third-order valence-corrected chi connectivity index (χ3v) is 6.41. The summed E-state index contributed by atoms with van der Waals surface area (Å²) >= 11 is 0. The maximum Gasteiger partial charge on any atom is 0.136 e. The number of carbonyl (C=O) groups is 1. The van der Waals surface area contributed by atoms with E-state index in [2.05, 4.69) is 31.2 Å². The summed E-state index contributed by atoms with van der Waals surface area (Å²) in [6, 6.07) is 8.57. The first-order valence-corrected chi connectivity index (χ1v) is 9.88. The fourth-order valence-electron chi connectivity index (χ4n) is 5.00. The second-order valence-electron chi connectivity index (χ2n) is 7.89. The lowest BCUT2D eigenvalue weighted by atomic mass is 9.67. The number of ketones is 1. The van der Waals surface area contributed by atoms with Crippen molar-refractivity contribution in [3.05, 3.63) is 29.8 Å². The number of benzene rings is 1. The van der Waals surface area contributed by atoms with Crippen LogP contribution in [0.15, 0.2) is 24.3 Å². The van der Waals surface area contributed by atoms with Gasteiger partial charge in [-0.25, -0.2) is 0 Å². The van der Waals surface area contributed by atoms with Gasteiger partial charge in [-0.2, -0.15) is 0 Å². The molecular formula is C22H32O2. The van der Waals surface area contributed by atoms with Crippen molar-refractivity contribution in [1.82, 2.24) is 0 Å². The molecule has 0 amide bonds. The van der Waals surface area contributed by atoms with Gasteiger partial charge in [0.1, 0.15) is 11.5 Å². The molecule has 0 saturated heterocycles. The Morgan fingerprint density at radius 1 is 1.00 bits per heavy atom. The number of hydrogen-bond acceptors (Lipinski definition) is 2. The van der Waals surface area contributed by atoms with Crippen molar-refractivity contribution in [3.63, 3.8) is 0 Å². The molecule has 0 heterocycles. The van der Waals surface area contributed by atoms with Gasteiger partial charge in [-0.1, -0.05) is 31.9 Å². The molecule has 2 saturated carbocycles. The van der Waals surface area contributed by atoms with E-state index in [1.54, 1.807) is 7.11 Å². The van der Waals surface area contributed by atoms with E-state index in [4.69, 9.17) is 4.74 Å². The monoisotopic (exact) mass is 328 g/mol. The van der Waals surface area contributed by atoms with Gasteiger partial charge in [-0.15, -0.1) is 0 Å². The first-order chi connectivity index (χ1) is 11.7. The lowest BCUT2D eigenvalue weighted by Crippen LogP contribution is -2.32. The van der Waals surface area contributed by atoms with Gasteiger partial charge >= 0.3 is 0 Å². The van der Waals surface area contributed by atoms with Crippen LogP contribution in [0.2, 0.25) is 0 Å². The van der Waals surface area contributed by atoms with E-state index in [1.807, 2.05) is 0 Å². The number of carbonyl (C=O) groups excluding carboxylic acids is 1. The largest absolute Gasteiger partial charge is 0.497 e. The number of Topliss-reactive ketones (excluding diaryl/α,β-unsaturated/α-hetero) is 1. The van der Waals surface area contributed by atoms with Crippen molar-refractivity contribution in [2.45, 2.75) is 70.6 Å². The van der Waals surface area contributed by atoms with Crippen molar-refractivity contribution < 1.29 is 9.53 Å². The highest BCUT2D eigenvalue weighted by Crippen LogP contribution is 2.43. The number of ether oxygens (including phenoxy) is 1. The Labute approximate surface area is 147 Å². The SMILES string of the molecule is CCC[C@H]1CC[C@H](C2CCC(c3ccc(OC)cc3)CC2)C(=O)C1. The van der Waals surface area contributed by atoms with Gasteiger partial charge in [0.25, 0.3) is 0 Å². The van der Waals surface area contributed by atoms with E-state index < -0.39 is 0 Å². The Morgan fingerprint density at radius 3 is 2.29 bits per heavy atom. The minimum absolute atomic E-state index is 0.370. The topological polar surface area (TPSA) is 26.3 Å². The van der Waals surface area contributed by atoms with Crippen LogP contribution < -0.4 is 4.74 Å². The predicted molar refractivity (Wildman–Crippen MR) is 98.4 cm³/mol. The fourth-order valence-corrected chi connectivity index (χ4v) is 5.00. The summed E-state index contributed by atoms with van der Waals surface area (Å²) in [5.41, 5.74) is 1.44. The smallest absolute Gasteiger partial charge is 0.136 e. The molecule has 1 aromatic rings. The van der Waals surface area contributed by atoms with Gasteiger partial charge in [0.05, 0.1) is 7.11 Å². The molecule has 2 aliphatic carbocycles. The Kier molecular flexibility index (Phi) is 5.97. The highest BCUT2D eigenvalue weighted by atomic mass is 16.5. The van der Waals surface area contributed by atoms with Crippen molar-refractivity contribution in [1.29, 1.82) is 0 Å². The molecule has 3 rings (SSSR count). The van der Waals surface area contributed by atoms with Crippen LogP contribution in [-0.2, 0) is 4.79 Å². The van der Waals surface area contributed by atoms with Crippen LogP contribution in [-0.4, -0.2) is 12.9 Å². The molecule has 2 aliphatic rings. The summed E-state index contributed by atoms with van der Waals surface area (Å²) in [4.78, 5) is 12.6. The van der Waals surface area contributed by atoms with Crippen LogP contribution in [0.25, 0.3) is 0 Å². The van der Waals surface area contributed by atoms with Crippen molar-refractivity contribution in [3.8, 4) is 5.75 Å². The maximum atomic E-state index is 12.6. The quantitative estimate of drug-likeness (QED) is 0.687. The van der Waals surface area contributed by atoms with Gasteiger partial charge in [0.15, 0.2) is 0 Å². The van der Waals surface area contributed by atoms with Gasteiger partial charge in [0.2, 0.25) is 0 Å². The van der Waals surface area contributed by atoms with Crippen molar-refractivity contribution in [2.24, 2.45) is 17.8 Å². The van der Waals surface area contributed by atoms with Gasteiger partial charge in [-0.05, 0) is 74.0 Å². The van der Waals surface area contributed by atoms with Gasteiger partial charge in [0, 0.05) is 12.3 Å². The molecule has 132 valence electrons. The Hall–Kier alpha value is -1.31. The van der Waals surface area contributed by atoms with Gasteiger partial charge in [-0.3, -0.25) is 4.79 Å². The Bertz CT molecular complexity index is 525. The molecule has 0 unspecified atom stereocenters. The lowest BCUT2D eigenvalue weighted by molar-refractivity contribution is -0.128. The summed E-state index contributed by atoms with van der Waals surface area (Å²) in [7, 11) is 1.71. The summed E-state index contributed by atoms with van der Waals surface area (Å²) in [5.74, 6) is 3.87. The summed E-state index contributed by atoms with van der Waals surface area (Å²) in [5, 5.41) is 0. The number of rotatable bonds is 5. The van der Waals surface area contributed by atoms with Crippen LogP contribution >= 0.6 is 0 Å². The molecule has 0 N–H and O–H groups in total. The van der Waals surface area contributed by atoms with Crippen LogP contribution in [0.1, 0.15) is 76.2 Å². The third-order valence-electron chi connectivity index (χ3n) is 6.41. The normalized spacial score (nSPS) is 31.0. The molecule has 0 aromatic heterocycles. The van der Waals surface area contributed by atoms with E-state index >= 15 is 0 Å². The minimum atomic E-state index is 0.370. The van der Waals surface area contributed by atoms with Crippen molar-refractivity contribution in [2.75, 3.05) is 7.11 Å². The average Bonchev–Trinajstić information content (AvgIpc) is 2.62.